The number of carbonyl (C=O) groups excluding carboxylic acids is 1. The van der Waals surface area contributed by atoms with Crippen molar-refractivity contribution in [1.82, 2.24) is 4.90 Å². The van der Waals surface area contributed by atoms with Gasteiger partial charge >= 0.3 is 0 Å². The molecule has 25 heavy (non-hydrogen) atoms. The fourth-order valence-electron chi connectivity index (χ4n) is 2.99. The van der Waals surface area contributed by atoms with Crippen LogP contribution in [-0.4, -0.2) is 36.1 Å². The summed E-state index contributed by atoms with van der Waals surface area (Å²) in [6.45, 7) is 5.64. The van der Waals surface area contributed by atoms with Crippen LogP contribution >= 0.6 is 11.6 Å². The second kappa shape index (κ2) is 7.89. The standard InChI is InChI=1S/C20H22ClNO3/c1-14-11-22(12-15(2)25-14)20(23)17-9-7-16(8-10-17)13-24-19-6-4-3-5-18(19)21/h3-10,14-15H,11-13H2,1-2H3/t14-,15-/m0/s1. The molecule has 2 atom stereocenters. The molecule has 0 radical (unpaired) electrons. The van der Waals surface area contributed by atoms with Crippen LogP contribution in [0.2, 0.25) is 5.02 Å². The number of nitrogens with zero attached hydrogens (tertiary/aromatic N) is 1. The van der Waals surface area contributed by atoms with Gasteiger partial charge in [0.25, 0.3) is 5.91 Å². The molecule has 1 aliphatic rings. The molecule has 1 heterocycles. The number of hydrogen-bond acceptors (Lipinski definition) is 3. The molecule has 2 aromatic rings. The van der Waals surface area contributed by atoms with Crippen molar-refractivity contribution in [3.05, 3.63) is 64.7 Å². The molecule has 2 aromatic carbocycles. The SMILES string of the molecule is C[C@H]1CN(C(=O)c2ccc(COc3ccccc3Cl)cc2)C[C@H](C)O1. The number of rotatable bonds is 4. The summed E-state index contributed by atoms with van der Waals surface area (Å²) >= 11 is 6.08. The molecule has 0 aromatic heterocycles. The highest BCUT2D eigenvalue weighted by Gasteiger charge is 2.26. The van der Waals surface area contributed by atoms with E-state index in [4.69, 9.17) is 21.1 Å². The first-order chi connectivity index (χ1) is 12.0. The summed E-state index contributed by atoms with van der Waals surface area (Å²) in [5.41, 5.74) is 1.67. The van der Waals surface area contributed by atoms with E-state index in [9.17, 15) is 4.79 Å². The van der Waals surface area contributed by atoms with Crippen molar-refractivity contribution in [2.24, 2.45) is 0 Å². The second-order valence-electron chi connectivity index (χ2n) is 6.38. The van der Waals surface area contributed by atoms with Crippen LogP contribution in [0, 0.1) is 0 Å². The van der Waals surface area contributed by atoms with Crippen molar-refractivity contribution in [1.29, 1.82) is 0 Å². The van der Waals surface area contributed by atoms with Gasteiger partial charge in [-0.1, -0.05) is 35.9 Å². The van der Waals surface area contributed by atoms with Crippen molar-refractivity contribution in [2.45, 2.75) is 32.7 Å². The Labute approximate surface area is 153 Å². The molecule has 1 amide bonds. The van der Waals surface area contributed by atoms with Gasteiger partial charge < -0.3 is 14.4 Å². The lowest BCUT2D eigenvalue weighted by Gasteiger charge is -2.35. The van der Waals surface area contributed by atoms with Gasteiger partial charge in [0.05, 0.1) is 17.2 Å². The van der Waals surface area contributed by atoms with Gasteiger partial charge in [-0.05, 0) is 43.7 Å². The molecule has 4 nitrogen and oxygen atoms in total. The third-order valence-corrected chi connectivity index (χ3v) is 4.45. The third-order valence-electron chi connectivity index (χ3n) is 4.14. The molecular formula is C20H22ClNO3. The smallest absolute Gasteiger partial charge is 0.254 e. The third kappa shape index (κ3) is 4.53. The average Bonchev–Trinajstić information content (AvgIpc) is 2.60. The molecule has 1 aliphatic heterocycles. The van der Waals surface area contributed by atoms with Crippen LogP contribution in [0.25, 0.3) is 0 Å². The van der Waals surface area contributed by atoms with Gasteiger partial charge in [-0.3, -0.25) is 4.79 Å². The molecule has 0 unspecified atom stereocenters. The molecule has 3 rings (SSSR count). The number of para-hydroxylation sites is 1. The Morgan fingerprint density at radius 3 is 2.40 bits per heavy atom. The largest absolute Gasteiger partial charge is 0.487 e. The molecule has 0 aliphatic carbocycles. The number of amides is 1. The highest BCUT2D eigenvalue weighted by Crippen LogP contribution is 2.24. The first kappa shape index (κ1) is 17.8. The Kier molecular flexibility index (Phi) is 5.61. The van der Waals surface area contributed by atoms with Crippen molar-refractivity contribution in [3.63, 3.8) is 0 Å². The maximum absolute atomic E-state index is 12.6. The molecule has 1 fully saturated rings. The highest BCUT2D eigenvalue weighted by molar-refractivity contribution is 6.32. The fraction of sp³-hybridized carbons (Fsp3) is 0.350. The van der Waals surface area contributed by atoms with Crippen molar-refractivity contribution in [2.75, 3.05) is 13.1 Å². The van der Waals surface area contributed by atoms with Gasteiger partial charge in [0.2, 0.25) is 0 Å². The first-order valence-corrected chi connectivity index (χ1v) is 8.81. The zero-order valence-electron chi connectivity index (χ0n) is 14.4. The fourth-order valence-corrected chi connectivity index (χ4v) is 3.18. The predicted octanol–water partition coefficient (Wildman–Crippen LogP) is 4.17. The molecule has 1 saturated heterocycles. The van der Waals surface area contributed by atoms with Gasteiger partial charge in [0, 0.05) is 18.7 Å². The lowest BCUT2D eigenvalue weighted by atomic mass is 10.1. The van der Waals surface area contributed by atoms with E-state index in [1.165, 1.54) is 0 Å². The summed E-state index contributed by atoms with van der Waals surface area (Å²) in [6, 6.07) is 14.9. The van der Waals surface area contributed by atoms with Crippen LogP contribution in [-0.2, 0) is 11.3 Å². The summed E-state index contributed by atoms with van der Waals surface area (Å²) in [6.07, 6.45) is 0.131. The number of benzene rings is 2. The van der Waals surface area contributed by atoms with Gasteiger partial charge in [-0.15, -0.1) is 0 Å². The molecule has 132 valence electrons. The van der Waals surface area contributed by atoms with E-state index in [1.54, 1.807) is 6.07 Å². The zero-order valence-corrected chi connectivity index (χ0v) is 15.2. The molecule has 5 heteroatoms. The molecule has 0 saturated carbocycles. The minimum absolute atomic E-state index is 0.0422. The topological polar surface area (TPSA) is 38.8 Å². The van der Waals surface area contributed by atoms with Crippen LogP contribution < -0.4 is 4.74 Å². The molecule has 0 N–H and O–H groups in total. The van der Waals surface area contributed by atoms with Crippen LogP contribution in [0.3, 0.4) is 0 Å². The van der Waals surface area contributed by atoms with E-state index in [2.05, 4.69) is 0 Å². The Morgan fingerprint density at radius 1 is 1.12 bits per heavy atom. The van der Waals surface area contributed by atoms with Gasteiger partial charge in [-0.25, -0.2) is 0 Å². The van der Waals surface area contributed by atoms with Crippen LogP contribution in [0.1, 0.15) is 29.8 Å². The normalized spacial score (nSPS) is 20.4. The monoisotopic (exact) mass is 359 g/mol. The lowest BCUT2D eigenvalue weighted by molar-refractivity contribution is -0.0586. The van der Waals surface area contributed by atoms with Crippen molar-refractivity contribution in [3.8, 4) is 5.75 Å². The van der Waals surface area contributed by atoms with E-state index in [0.29, 0.717) is 36.0 Å². The lowest BCUT2D eigenvalue weighted by Crippen LogP contribution is -2.48. The van der Waals surface area contributed by atoms with Crippen molar-refractivity contribution >= 4 is 17.5 Å². The Bertz CT molecular complexity index is 722. The maximum Gasteiger partial charge on any atom is 0.254 e. The van der Waals surface area contributed by atoms with Crippen LogP contribution in [0.4, 0.5) is 0 Å². The van der Waals surface area contributed by atoms with E-state index in [1.807, 2.05) is 61.2 Å². The summed E-state index contributed by atoms with van der Waals surface area (Å²) in [7, 11) is 0. The molecule has 0 spiro atoms. The predicted molar refractivity (Wildman–Crippen MR) is 98.1 cm³/mol. The Balaban J connectivity index is 1.62. The van der Waals surface area contributed by atoms with Crippen LogP contribution in [0.5, 0.6) is 5.75 Å². The van der Waals surface area contributed by atoms with Gasteiger partial charge in [-0.2, -0.15) is 0 Å². The van der Waals surface area contributed by atoms with E-state index in [-0.39, 0.29) is 18.1 Å². The average molecular weight is 360 g/mol. The number of ether oxygens (including phenoxy) is 2. The minimum atomic E-state index is 0.0422. The zero-order chi connectivity index (χ0) is 17.8. The molecular weight excluding hydrogens is 338 g/mol. The quantitative estimate of drug-likeness (QED) is 0.822. The van der Waals surface area contributed by atoms with E-state index in [0.717, 1.165) is 5.56 Å². The number of hydrogen-bond donors (Lipinski definition) is 0. The Hall–Kier alpha value is -2.04. The van der Waals surface area contributed by atoms with Gasteiger partial charge in [0.15, 0.2) is 0 Å². The maximum atomic E-state index is 12.6. The highest BCUT2D eigenvalue weighted by atomic mass is 35.5. The first-order valence-electron chi connectivity index (χ1n) is 8.44. The summed E-state index contributed by atoms with van der Waals surface area (Å²) in [5, 5.41) is 0.588. The Morgan fingerprint density at radius 2 is 1.76 bits per heavy atom. The second-order valence-corrected chi connectivity index (χ2v) is 6.79. The minimum Gasteiger partial charge on any atom is -0.487 e. The summed E-state index contributed by atoms with van der Waals surface area (Å²) in [4.78, 5) is 14.5. The number of morpholine rings is 1. The van der Waals surface area contributed by atoms with E-state index < -0.39 is 0 Å². The van der Waals surface area contributed by atoms with Crippen molar-refractivity contribution < 1.29 is 14.3 Å². The van der Waals surface area contributed by atoms with Crippen LogP contribution in [0.15, 0.2) is 48.5 Å². The number of carbonyl (C=O) groups is 1. The number of halogens is 1. The molecule has 0 bridgehead atoms. The summed E-state index contributed by atoms with van der Waals surface area (Å²) < 4.78 is 11.4. The van der Waals surface area contributed by atoms with Gasteiger partial charge in [0.1, 0.15) is 12.4 Å². The summed E-state index contributed by atoms with van der Waals surface area (Å²) in [5.74, 6) is 0.696. The van der Waals surface area contributed by atoms with E-state index >= 15 is 0 Å².